The van der Waals surface area contributed by atoms with Crippen LogP contribution in [-0.2, 0) is 16.1 Å². The zero-order chi connectivity index (χ0) is 21.1. The average molecular weight is 443 g/mol. The van der Waals surface area contributed by atoms with Crippen LogP contribution in [0.1, 0.15) is 17.1 Å². The number of oxazole rings is 1. The maximum Gasteiger partial charge on any atom is 0.266 e. The van der Waals surface area contributed by atoms with Crippen molar-refractivity contribution in [3.8, 4) is 11.8 Å². The molecule has 0 saturated carbocycles. The molecule has 2 aliphatic rings. The summed E-state index contributed by atoms with van der Waals surface area (Å²) in [5.41, 5.74) is 1.13. The van der Waals surface area contributed by atoms with Crippen molar-refractivity contribution in [1.29, 1.82) is 5.26 Å². The number of amides is 1. The second kappa shape index (κ2) is 8.87. The van der Waals surface area contributed by atoms with E-state index in [4.69, 9.17) is 26.1 Å². The largest absolute Gasteiger partial charge is 0.497 e. The van der Waals surface area contributed by atoms with E-state index in [1.54, 1.807) is 7.11 Å². The van der Waals surface area contributed by atoms with Crippen LogP contribution in [0.2, 0.25) is 0 Å². The molecule has 8 nitrogen and oxygen atoms in total. The van der Waals surface area contributed by atoms with Gasteiger partial charge in [-0.1, -0.05) is 36.1 Å². The third-order valence-corrected chi connectivity index (χ3v) is 6.04. The first kappa shape index (κ1) is 20.4. The number of carbonyl (C=O) groups excluding carboxylic acids is 1. The molecule has 2 saturated heterocycles. The monoisotopic (exact) mass is 442 g/mol. The van der Waals surface area contributed by atoms with Crippen molar-refractivity contribution in [3.63, 3.8) is 0 Å². The summed E-state index contributed by atoms with van der Waals surface area (Å²) in [5, 5.41) is 9.40. The van der Waals surface area contributed by atoms with Gasteiger partial charge in [-0.3, -0.25) is 9.69 Å². The van der Waals surface area contributed by atoms with Gasteiger partial charge in [0.2, 0.25) is 17.5 Å². The predicted octanol–water partition coefficient (Wildman–Crippen LogP) is 2.79. The van der Waals surface area contributed by atoms with Crippen LogP contribution in [0, 0.1) is 11.3 Å². The number of methoxy groups -OCH3 is 1. The smallest absolute Gasteiger partial charge is 0.266 e. The minimum atomic E-state index is -0.217. The minimum absolute atomic E-state index is 0.192. The Balaban J connectivity index is 1.53. The highest BCUT2D eigenvalue weighted by Gasteiger charge is 2.33. The van der Waals surface area contributed by atoms with Gasteiger partial charge >= 0.3 is 0 Å². The van der Waals surface area contributed by atoms with E-state index in [1.165, 1.54) is 22.7 Å². The van der Waals surface area contributed by atoms with E-state index >= 15 is 0 Å². The zero-order valence-electron chi connectivity index (χ0n) is 16.2. The molecule has 4 rings (SSSR count). The molecule has 0 atom stereocenters. The highest BCUT2D eigenvalue weighted by atomic mass is 32.2. The van der Waals surface area contributed by atoms with Gasteiger partial charge in [-0.15, -0.1) is 0 Å². The van der Waals surface area contributed by atoms with E-state index in [0.29, 0.717) is 48.0 Å². The summed E-state index contributed by atoms with van der Waals surface area (Å²) in [4.78, 5) is 21.0. The summed E-state index contributed by atoms with van der Waals surface area (Å²) < 4.78 is 16.7. The molecule has 3 heterocycles. The molecule has 10 heteroatoms. The van der Waals surface area contributed by atoms with Crippen molar-refractivity contribution in [2.45, 2.75) is 6.54 Å². The fourth-order valence-corrected chi connectivity index (χ4v) is 4.33. The van der Waals surface area contributed by atoms with E-state index in [9.17, 15) is 10.1 Å². The number of thiocarbonyl (C=S) groups is 1. The maximum atomic E-state index is 12.9. The third kappa shape index (κ3) is 4.18. The summed E-state index contributed by atoms with van der Waals surface area (Å²) in [6.45, 7) is 2.72. The number of aromatic nitrogens is 1. The first-order valence-electron chi connectivity index (χ1n) is 9.21. The van der Waals surface area contributed by atoms with Gasteiger partial charge in [0, 0.05) is 19.2 Å². The zero-order valence-corrected chi connectivity index (χ0v) is 17.8. The van der Waals surface area contributed by atoms with Gasteiger partial charge in [0.1, 0.15) is 16.1 Å². The Morgan fingerprint density at radius 2 is 2.07 bits per heavy atom. The number of anilines is 1. The van der Waals surface area contributed by atoms with Crippen molar-refractivity contribution < 1.29 is 18.7 Å². The van der Waals surface area contributed by atoms with Crippen LogP contribution >= 0.6 is 24.0 Å². The molecule has 2 aliphatic heterocycles. The van der Waals surface area contributed by atoms with E-state index in [1.807, 2.05) is 29.2 Å². The molecule has 2 fully saturated rings. The van der Waals surface area contributed by atoms with Gasteiger partial charge in [-0.2, -0.15) is 10.2 Å². The van der Waals surface area contributed by atoms with Gasteiger partial charge in [0.25, 0.3) is 5.91 Å². The van der Waals surface area contributed by atoms with Gasteiger partial charge in [-0.25, -0.2) is 0 Å². The molecule has 0 N–H and O–H groups in total. The predicted molar refractivity (Wildman–Crippen MR) is 116 cm³/mol. The lowest BCUT2D eigenvalue weighted by atomic mass is 10.2. The molecular formula is C20H18N4O4S2. The summed E-state index contributed by atoms with van der Waals surface area (Å²) >= 11 is 6.58. The van der Waals surface area contributed by atoms with Crippen molar-refractivity contribution >= 4 is 46.2 Å². The first-order chi connectivity index (χ1) is 14.6. The Morgan fingerprint density at radius 3 is 2.73 bits per heavy atom. The molecule has 30 heavy (non-hydrogen) atoms. The summed E-state index contributed by atoms with van der Waals surface area (Å²) in [7, 11) is 1.60. The minimum Gasteiger partial charge on any atom is -0.497 e. The van der Waals surface area contributed by atoms with Gasteiger partial charge < -0.3 is 18.8 Å². The topological polar surface area (TPSA) is 91.8 Å². The highest BCUT2D eigenvalue weighted by Crippen LogP contribution is 2.34. The number of ether oxygens (including phenoxy) is 2. The Kier molecular flexibility index (Phi) is 6.03. The molecule has 1 aromatic heterocycles. The lowest BCUT2D eigenvalue weighted by molar-refractivity contribution is -0.122. The molecule has 2 aromatic rings. The number of thioether (sulfide) groups is 1. The van der Waals surface area contributed by atoms with Crippen LogP contribution < -0.4 is 9.64 Å². The molecule has 0 unspecified atom stereocenters. The van der Waals surface area contributed by atoms with Crippen LogP contribution in [0.25, 0.3) is 6.08 Å². The van der Waals surface area contributed by atoms with Crippen molar-refractivity contribution in [3.05, 3.63) is 46.3 Å². The van der Waals surface area contributed by atoms with Gasteiger partial charge in [0.15, 0.2) is 0 Å². The number of nitrogens with zero attached hydrogens (tertiary/aromatic N) is 4. The molecule has 1 aromatic carbocycles. The lowest BCUT2D eigenvalue weighted by Crippen LogP contribution is -2.36. The lowest BCUT2D eigenvalue weighted by Gasteiger charge is -2.25. The SMILES string of the molecule is COc1ccc(CN2C(=O)/C(=C\c3nc(C#N)c(N4CCOCC4)o3)SC2=S)cc1. The third-order valence-electron chi connectivity index (χ3n) is 4.66. The Morgan fingerprint density at radius 1 is 1.33 bits per heavy atom. The normalized spacial score (nSPS) is 18.2. The Hall–Kier alpha value is -2.87. The van der Waals surface area contributed by atoms with E-state index in [2.05, 4.69) is 11.1 Å². The summed E-state index contributed by atoms with van der Waals surface area (Å²) in [6.07, 6.45) is 1.54. The second-order valence-electron chi connectivity index (χ2n) is 6.53. The number of hydrogen-bond acceptors (Lipinski definition) is 9. The van der Waals surface area contributed by atoms with E-state index < -0.39 is 0 Å². The van der Waals surface area contributed by atoms with Crippen molar-refractivity contribution in [2.75, 3.05) is 38.3 Å². The van der Waals surface area contributed by atoms with E-state index in [-0.39, 0.29) is 17.5 Å². The van der Waals surface area contributed by atoms with Crippen molar-refractivity contribution in [2.24, 2.45) is 0 Å². The number of nitriles is 1. The average Bonchev–Trinajstić information content (AvgIpc) is 3.31. The van der Waals surface area contributed by atoms with Crippen LogP contribution in [0.3, 0.4) is 0 Å². The van der Waals surface area contributed by atoms with Crippen LogP contribution in [-0.4, -0.2) is 53.5 Å². The highest BCUT2D eigenvalue weighted by molar-refractivity contribution is 8.26. The fourth-order valence-electron chi connectivity index (χ4n) is 3.11. The van der Waals surface area contributed by atoms with Crippen LogP contribution in [0.5, 0.6) is 5.75 Å². The number of morpholine rings is 1. The van der Waals surface area contributed by atoms with Gasteiger partial charge in [0.05, 0.1) is 31.8 Å². The Bertz CT molecular complexity index is 1040. The first-order valence-corrected chi connectivity index (χ1v) is 10.4. The summed E-state index contributed by atoms with van der Waals surface area (Å²) in [5.74, 6) is 1.14. The van der Waals surface area contributed by atoms with Crippen LogP contribution in [0.4, 0.5) is 5.88 Å². The molecule has 0 aliphatic carbocycles. The number of hydrogen-bond donors (Lipinski definition) is 0. The number of carbonyl (C=O) groups is 1. The van der Waals surface area contributed by atoms with Crippen LogP contribution in [0.15, 0.2) is 33.6 Å². The maximum absolute atomic E-state index is 12.9. The quantitative estimate of drug-likeness (QED) is 0.512. The fraction of sp³-hybridized carbons (Fsp3) is 0.300. The molecule has 0 spiro atoms. The number of rotatable bonds is 5. The molecule has 1 amide bonds. The second-order valence-corrected chi connectivity index (χ2v) is 8.21. The molecular weight excluding hydrogens is 424 g/mol. The summed E-state index contributed by atoms with van der Waals surface area (Å²) in [6, 6.07) is 9.52. The Labute approximate surface area is 183 Å². The molecule has 154 valence electrons. The molecule has 0 bridgehead atoms. The molecule has 0 radical (unpaired) electrons. The van der Waals surface area contributed by atoms with E-state index in [0.717, 1.165) is 11.3 Å². The van der Waals surface area contributed by atoms with Gasteiger partial charge in [-0.05, 0) is 17.7 Å². The standard InChI is InChI=1S/C20H18N4O4S2/c1-26-14-4-2-13(3-5-14)12-24-18(25)16(30-20(24)29)10-17-22-15(11-21)19(28-17)23-6-8-27-9-7-23/h2-5,10H,6-9,12H2,1H3/b16-10+. The van der Waals surface area contributed by atoms with Crippen molar-refractivity contribution in [1.82, 2.24) is 9.88 Å². The number of benzene rings is 1.